The van der Waals surface area contributed by atoms with Crippen LogP contribution in [0.1, 0.15) is 28.3 Å². The maximum atomic E-state index is 11.9. The molecule has 0 aliphatic carbocycles. The Bertz CT molecular complexity index is 660. The number of amides is 2. The van der Waals surface area contributed by atoms with E-state index in [1.807, 2.05) is 18.2 Å². The molecular weight excluding hydrogens is 264 g/mol. The zero-order valence-corrected chi connectivity index (χ0v) is 11.3. The van der Waals surface area contributed by atoms with Gasteiger partial charge in [-0.3, -0.25) is 14.9 Å². The molecule has 21 heavy (non-hydrogen) atoms. The van der Waals surface area contributed by atoms with Crippen LogP contribution in [0.15, 0.2) is 60.7 Å². The van der Waals surface area contributed by atoms with Crippen LogP contribution >= 0.6 is 0 Å². The lowest BCUT2D eigenvalue weighted by molar-refractivity contribution is -0.120. The summed E-state index contributed by atoms with van der Waals surface area (Å²) in [5.41, 5.74) is 1.18. The van der Waals surface area contributed by atoms with Crippen molar-refractivity contribution < 1.29 is 9.59 Å². The molecule has 0 aromatic heterocycles. The minimum Gasteiger partial charge on any atom is -0.292 e. The molecular formula is C17H14N2O2. The van der Waals surface area contributed by atoms with Gasteiger partial charge >= 0.3 is 0 Å². The van der Waals surface area contributed by atoms with Crippen LogP contribution in [-0.4, -0.2) is 11.8 Å². The number of imide groups is 1. The number of carbonyl (C=O) groups excluding carboxylic acids is 2. The Labute approximate surface area is 123 Å². The number of nitriles is 1. The molecule has 4 nitrogen and oxygen atoms in total. The smallest absolute Gasteiger partial charge is 0.257 e. The van der Waals surface area contributed by atoms with Crippen LogP contribution in [-0.2, 0) is 4.79 Å². The first kappa shape index (κ1) is 14.5. The second kappa shape index (κ2) is 7.01. The molecule has 4 heteroatoms. The number of hydrogen-bond acceptors (Lipinski definition) is 3. The first-order chi connectivity index (χ1) is 10.2. The molecule has 1 unspecified atom stereocenters. The molecule has 1 atom stereocenters. The lowest BCUT2D eigenvalue weighted by Crippen LogP contribution is -2.31. The molecule has 0 fully saturated rings. The average molecular weight is 278 g/mol. The second-order valence-corrected chi connectivity index (χ2v) is 4.54. The third-order valence-corrected chi connectivity index (χ3v) is 3.04. The number of nitrogens with zero attached hydrogens (tertiary/aromatic N) is 1. The van der Waals surface area contributed by atoms with Crippen molar-refractivity contribution in [3.63, 3.8) is 0 Å². The van der Waals surface area contributed by atoms with Gasteiger partial charge in [-0.2, -0.15) is 5.26 Å². The predicted molar refractivity (Wildman–Crippen MR) is 78.3 cm³/mol. The second-order valence-electron chi connectivity index (χ2n) is 4.54. The van der Waals surface area contributed by atoms with E-state index in [0.29, 0.717) is 5.56 Å². The zero-order chi connectivity index (χ0) is 15.1. The van der Waals surface area contributed by atoms with Gasteiger partial charge < -0.3 is 0 Å². The molecule has 0 heterocycles. The van der Waals surface area contributed by atoms with E-state index >= 15 is 0 Å². The molecule has 2 aromatic rings. The Morgan fingerprint density at radius 2 is 1.57 bits per heavy atom. The van der Waals surface area contributed by atoms with Crippen molar-refractivity contribution in [1.29, 1.82) is 5.26 Å². The summed E-state index contributed by atoms with van der Waals surface area (Å²) in [7, 11) is 0. The van der Waals surface area contributed by atoms with E-state index in [1.165, 1.54) is 0 Å². The summed E-state index contributed by atoms with van der Waals surface area (Å²) >= 11 is 0. The molecule has 2 aromatic carbocycles. The minimum atomic E-state index is -0.560. The molecule has 0 radical (unpaired) electrons. The molecule has 0 aliphatic heterocycles. The van der Waals surface area contributed by atoms with E-state index in [-0.39, 0.29) is 6.42 Å². The Morgan fingerprint density at radius 1 is 1.00 bits per heavy atom. The highest BCUT2D eigenvalue weighted by molar-refractivity contribution is 6.04. The van der Waals surface area contributed by atoms with Crippen molar-refractivity contribution in [2.45, 2.75) is 12.3 Å². The maximum absolute atomic E-state index is 11.9. The van der Waals surface area contributed by atoms with Gasteiger partial charge in [0.05, 0.1) is 12.0 Å². The molecule has 0 spiro atoms. The molecule has 104 valence electrons. The summed E-state index contributed by atoms with van der Waals surface area (Å²) in [6.45, 7) is 0. The van der Waals surface area contributed by atoms with Crippen LogP contribution in [0.25, 0.3) is 0 Å². The zero-order valence-electron chi connectivity index (χ0n) is 11.3. The minimum absolute atomic E-state index is 0.0426. The summed E-state index contributed by atoms with van der Waals surface area (Å²) in [6, 6.07) is 19.6. The Morgan fingerprint density at radius 3 is 2.14 bits per heavy atom. The molecule has 0 saturated heterocycles. The lowest BCUT2D eigenvalue weighted by Gasteiger charge is -2.09. The number of rotatable bonds is 4. The van der Waals surface area contributed by atoms with E-state index in [4.69, 9.17) is 5.26 Å². The van der Waals surface area contributed by atoms with E-state index in [1.54, 1.807) is 42.5 Å². The quantitative estimate of drug-likeness (QED) is 0.934. The number of nitrogens with one attached hydrogen (secondary N) is 1. The van der Waals surface area contributed by atoms with Crippen molar-refractivity contribution in [3.05, 3.63) is 71.8 Å². The molecule has 0 saturated carbocycles. The SMILES string of the molecule is N#CC(CC(=O)NC(=O)c1ccccc1)c1ccccc1. The van der Waals surface area contributed by atoms with E-state index in [9.17, 15) is 9.59 Å². The van der Waals surface area contributed by atoms with Crippen molar-refractivity contribution in [3.8, 4) is 6.07 Å². The number of benzene rings is 2. The van der Waals surface area contributed by atoms with Crippen LogP contribution in [0.5, 0.6) is 0 Å². The topological polar surface area (TPSA) is 70.0 Å². The van der Waals surface area contributed by atoms with Crippen LogP contribution in [0.4, 0.5) is 0 Å². The van der Waals surface area contributed by atoms with Gasteiger partial charge in [0.1, 0.15) is 0 Å². The van der Waals surface area contributed by atoms with Gasteiger partial charge in [0.2, 0.25) is 5.91 Å². The van der Waals surface area contributed by atoms with Crippen LogP contribution < -0.4 is 5.32 Å². The van der Waals surface area contributed by atoms with Crippen LogP contribution in [0, 0.1) is 11.3 Å². The van der Waals surface area contributed by atoms with E-state index < -0.39 is 17.7 Å². The first-order valence-corrected chi connectivity index (χ1v) is 6.54. The van der Waals surface area contributed by atoms with Crippen LogP contribution in [0.3, 0.4) is 0 Å². The number of carbonyl (C=O) groups is 2. The molecule has 1 N–H and O–H groups in total. The summed E-state index contributed by atoms with van der Waals surface area (Å²) < 4.78 is 0. The Kier molecular flexibility index (Phi) is 4.84. The van der Waals surface area contributed by atoms with Crippen molar-refractivity contribution in [2.24, 2.45) is 0 Å². The van der Waals surface area contributed by atoms with Gasteiger partial charge in [0.15, 0.2) is 0 Å². The van der Waals surface area contributed by atoms with Crippen molar-refractivity contribution in [1.82, 2.24) is 5.32 Å². The summed E-state index contributed by atoms with van der Waals surface area (Å²) in [5.74, 6) is -1.47. The molecule has 2 amide bonds. The van der Waals surface area contributed by atoms with Gasteiger partial charge in [-0.1, -0.05) is 48.5 Å². The van der Waals surface area contributed by atoms with Crippen LogP contribution in [0.2, 0.25) is 0 Å². The van der Waals surface area contributed by atoms with E-state index in [2.05, 4.69) is 11.4 Å². The highest BCUT2D eigenvalue weighted by atomic mass is 16.2. The maximum Gasteiger partial charge on any atom is 0.257 e. The van der Waals surface area contributed by atoms with E-state index in [0.717, 1.165) is 5.56 Å². The average Bonchev–Trinajstić information content (AvgIpc) is 2.54. The third kappa shape index (κ3) is 4.02. The summed E-state index contributed by atoms with van der Waals surface area (Å²) in [5, 5.41) is 11.5. The third-order valence-electron chi connectivity index (χ3n) is 3.04. The Hall–Kier alpha value is -2.93. The normalized spacial score (nSPS) is 11.2. The van der Waals surface area contributed by atoms with Gasteiger partial charge in [-0.15, -0.1) is 0 Å². The molecule has 0 bridgehead atoms. The summed E-state index contributed by atoms with van der Waals surface area (Å²) in [6.07, 6.45) is -0.0426. The molecule has 0 aliphatic rings. The first-order valence-electron chi connectivity index (χ1n) is 6.54. The fourth-order valence-corrected chi connectivity index (χ4v) is 1.95. The lowest BCUT2D eigenvalue weighted by atomic mass is 9.97. The van der Waals surface area contributed by atoms with Crippen molar-refractivity contribution >= 4 is 11.8 Å². The predicted octanol–water partition coefficient (Wildman–Crippen LogP) is 2.64. The van der Waals surface area contributed by atoms with Gasteiger partial charge in [0.25, 0.3) is 5.91 Å². The number of hydrogen-bond donors (Lipinski definition) is 1. The molecule has 2 rings (SSSR count). The standard InChI is InChI=1S/C17H14N2O2/c18-12-15(13-7-3-1-4-8-13)11-16(20)19-17(21)14-9-5-2-6-10-14/h1-10,15H,11H2,(H,19,20,21). The Balaban J connectivity index is 1.98. The van der Waals surface area contributed by atoms with Gasteiger partial charge in [-0.25, -0.2) is 0 Å². The van der Waals surface area contributed by atoms with Crippen molar-refractivity contribution in [2.75, 3.05) is 0 Å². The monoisotopic (exact) mass is 278 g/mol. The fourth-order valence-electron chi connectivity index (χ4n) is 1.95. The largest absolute Gasteiger partial charge is 0.292 e. The highest BCUT2D eigenvalue weighted by Crippen LogP contribution is 2.18. The summed E-state index contributed by atoms with van der Waals surface area (Å²) in [4.78, 5) is 23.7. The fraction of sp³-hybridized carbons (Fsp3) is 0.118. The highest BCUT2D eigenvalue weighted by Gasteiger charge is 2.17. The van der Waals surface area contributed by atoms with Gasteiger partial charge in [-0.05, 0) is 17.7 Å². The van der Waals surface area contributed by atoms with Gasteiger partial charge in [0, 0.05) is 12.0 Å².